The van der Waals surface area contributed by atoms with Crippen molar-refractivity contribution in [3.63, 3.8) is 0 Å². The molecule has 0 saturated carbocycles. The Morgan fingerprint density at radius 2 is 2.06 bits per heavy atom. The maximum absolute atomic E-state index is 11.3. The van der Waals surface area contributed by atoms with Gasteiger partial charge in [0.05, 0.1) is 5.56 Å². The van der Waals surface area contributed by atoms with Crippen LogP contribution >= 0.6 is 0 Å². The van der Waals surface area contributed by atoms with Gasteiger partial charge in [0.1, 0.15) is 11.6 Å². The van der Waals surface area contributed by atoms with Crippen molar-refractivity contribution in [2.45, 2.75) is 40.7 Å². The lowest BCUT2D eigenvalue weighted by molar-refractivity contribution is 0.1000. The van der Waals surface area contributed by atoms with Crippen LogP contribution in [0.25, 0.3) is 0 Å². The average Bonchev–Trinajstić information content (AvgIpc) is 2.15. The van der Waals surface area contributed by atoms with Crippen molar-refractivity contribution >= 4 is 11.7 Å². The first-order valence-electron chi connectivity index (χ1n) is 5.62. The molecule has 1 atom stereocenters. The maximum atomic E-state index is 11.3. The zero-order chi connectivity index (χ0) is 13.2. The summed E-state index contributed by atoms with van der Waals surface area (Å²) in [6.45, 7) is 10.2. The fraction of sp³-hybridized carbons (Fsp3) is 0.583. The molecule has 0 saturated heterocycles. The van der Waals surface area contributed by atoms with Gasteiger partial charge in [0, 0.05) is 12.2 Å². The second kappa shape index (κ2) is 4.69. The summed E-state index contributed by atoms with van der Waals surface area (Å²) < 4.78 is 0. The Morgan fingerprint density at radius 3 is 2.53 bits per heavy atom. The number of amides is 1. The van der Waals surface area contributed by atoms with E-state index in [0.717, 1.165) is 0 Å². The van der Waals surface area contributed by atoms with Crippen LogP contribution in [0.1, 0.15) is 43.9 Å². The molecule has 0 spiro atoms. The number of hydrogen-bond donors (Lipinski definition) is 2. The topological polar surface area (TPSA) is 80.9 Å². The number of aromatic nitrogens is 2. The fourth-order valence-electron chi connectivity index (χ4n) is 1.18. The van der Waals surface area contributed by atoms with Crippen LogP contribution in [0, 0.1) is 12.3 Å². The van der Waals surface area contributed by atoms with E-state index in [2.05, 4.69) is 36.1 Å². The maximum Gasteiger partial charge on any atom is 0.254 e. The van der Waals surface area contributed by atoms with Gasteiger partial charge in [0.25, 0.3) is 5.91 Å². The van der Waals surface area contributed by atoms with Gasteiger partial charge < -0.3 is 11.1 Å². The van der Waals surface area contributed by atoms with Crippen LogP contribution in [-0.4, -0.2) is 21.9 Å². The highest BCUT2D eigenvalue weighted by Gasteiger charge is 2.22. The molecule has 17 heavy (non-hydrogen) atoms. The zero-order valence-corrected chi connectivity index (χ0v) is 11.0. The Labute approximate surface area is 102 Å². The summed E-state index contributed by atoms with van der Waals surface area (Å²) in [6, 6.07) is 0.162. The van der Waals surface area contributed by atoms with E-state index in [9.17, 15) is 4.79 Å². The third-order valence-corrected chi connectivity index (χ3v) is 2.83. The molecule has 0 bridgehead atoms. The normalized spacial score (nSPS) is 13.2. The van der Waals surface area contributed by atoms with E-state index in [1.807, 2.05) is 6.92 Å². The Kier molecular flexibility index (Phi) is 3.70. The van der Waals surface area contributed by atoms with Crippen molar-refractivity contribution < 1.29 is 4.79 Å². The number of nitrogens with one attached hydrogen (secondary N) is 1. The molecule has 0 aliphatic rings. The molecule has 1 amide bonds. The number of hydrogen-bond acceptors (Lipinski definition) is 4. The van der Waals surface area contributed by atoms with Gasteiger partial charge in [-0.25, -0.2) is 9.97 Å². The molecule has 94 valence electrons. The molecule has 0 radical (unpaired) electrons. The van der Waals surface area contributed by atoms with Crippen molar-refractivity contribution in [1.29, 1.82) is 0 Å². The van der Waals surface area contributed by atoms with Crippen LogP contribution < -0.4 is 11.1 Å². The second-order valence-corrected chi connectivity index (χ2v) is 5.28. The number of nitrogens with two attached hydrogens (primary N) is 1. The third-order valence-electron chi connectivity index (χ3n) is 2.83. The molecule has 0 aromatic carbocycles. The molecule has 1 heterocycles. The number of nitrogens with zero attached hydrogens (tertiary/aromatic N) is 2. The minimum atomic E-state index is -0.520. The number of rotatable bonds is 3. The molecule has 1 rings (SSSR count). The van der Waals surface area contributed by atoms with Crippen LogP contribution in [-0.2, 0) is 0 Å². The lowest BCUT2D eigenvalue weighted by atomic mass is 9.88. The van der Waals surface area contributed by atoms with Crippen molar-refractivity contribution in [3.8, 4) is 0 Å². The summed E-state index contributed by atoms with van der Waals surface area (Å²) in [5.74, 6) is 0.597. The lowest BCUT2D eigenvalue weighted by Crippen LogP contribution is -2.32. The second-order valence-electron chi connectivity index (χ2n) is 5.28. The number of carbonyl (C=O) groups excluding carboxylic acids is 1. The van der Waals surface area contributed by atoms with Crippen molar-refractivity contribution in [1.82, 2.24) is 9.97 Å². The summed E-state index contributed by atoms with van der Waals surface area (Å²) in [6.07, 6.45) is 1.46. The monoisotopic (exact) mass is 236 g/mol. The van der Waals surface area contributed by atoms with Crippen LogP contribution in [0.4, 0.5) is 5.82 Å². The molecule has 0 aliphatic carbocycles. The number of primary amides is 1. The van der Waals surface area contributed by atoms with Gasteiger partial charge in [0.15, 0.2) is 0 Å². The Hall–Kier alpha value is -1.65. The van der Waals surface area contributed by atoms with E-state index in [1.54, 1.807) is 6.92 Å². The highest BCUT2D eigenvalue weighted by molar-refractivity contribution is 5.97. The number of aryl methyl sites for hydroxylation is 1. The van der Waals surface area contributed by atoms with Gasteiger partial charge in [-0.3, -0.25) is 4.79 Å². The molecule has 0 fully saturated rings. The highest BCUT2D eigenvalue weighted by Crippen LogP contribution is 2.23. The quantitative estimate of drug-likeness (QED) is 0.837. The first kappa shape index (κ1) is 13.4. The fourth-order valence-corrected chi connectivity index (χ4v) is 1.18. The zero-order valence-electron chi connectivity index (χ0n) is 11.0. The highest BCUT2D eigenvalue weighted by atomic mass is 16.1. The molecule has 1 aromatic heterocycles. The molecule has 0 aliphatic heterocycles. The van der Waals surface area contributed by atoms with Gasteiger partial charge in [0.2, 0.25) is 0 Å². The smallest absolute Gasteiger partial charge is 0.254 e. The summed E-state index contributed by atoms with van der Waals surface area (Å²) in [5.41, 5.74) is 5.68. The number of carbonyl (C=O) groups is 1. The van der Waals surface area contributed by atoms with Crippen LogP contribution in [0.3, 0.4) is 0 Å². The van der Waals surface area contributed by atoms with Crippen molar-refractivity contribution in [2.75, 3.05) is 5.32 Å². The van der Waals surface area contributed by atoms with Crippen molar-refractivity contribution in [3.05, 3.63) is 17.6 Å². The standard InChI is InChI=1S/C12H20N4O/c1-7(12(3,4)5)15-11-9(10(13)17)6-14-8(2)16-11/h6-7H,1-5H3,(H2,13,17)(H,14,15,16)/t7-/m1/s1. The minimum Gasteiger partial charge on any atom is -0.366 e. The molecular formula is C12H20N4O. The summed E-state index contributed by atoms with van der Waals surface area (Å²) in [7, 11) is 0. The molecule has 1 aromatic rings. The van der Waals surface area contributed by atoms with Crippen LogP contribution in [0.2, 0.25) is 0 Å². The van der Waals surface area contributed by atoms with E-state index in [-0.39, 0.29) is 11.5 Å². The predicted octanol–water partition coefficient (Wildman–Crippen LogP) is 1.73. The van der Waals surface area contributed by atoms with Crippen LogP contribution in [0.5, 0.6) is 0 Å². The molecule has 5 nitrogen and oxygen atoms in total. The van der Waals surface area contributed by atoms with Crippen molar-refractivity contribution in [2.24, 2.45) is 11.1 Å². The summed E-state index contributed by atoms with van der Waals surface area (Å²) in [4.78, 5) is 19.5. The minimum absolute atomic E-state index is 0.0633. The van der Waals surface area contributed by atoms with E-state index in [1.165, 1.54) is 6.20 Å². The van der Waals surface area contributed by atoms with Gasteiger partial charge in [-0.15, -0.1) is 0 Å². The first-order chi connectivity index (χ1) is 7.71. The lowest BCUT2D eigenvalue weighted by Gasteiger charge is -2.29. The first-order valence-corrected chi connectivity index (χ1v) is 5.62. The molecule has 3 N–H and O–H groups in total. The Morgan fingerprint density at radius 1 is 1.47 bits per heavy atom. The number of anilines is 1. The summed E-state index contributed by atoms with van der Waals surface area (Å²) >= 11 is 0. The predicted molar refractivity (Wildman–Crippen MR) is 67.8 cm³/mol. The van der Waals surface area contributed by atoms with Gasteiger partial charge >= 0.3 is 0 Å². The molecule has 5 heteroatoms. The Bertz CT molecular complexity index is 423. The van der Waals surface area contributed by atoms with Crippen LogP contribution in [0.15, 0.2) is 6.20 Å². The van der Waals surface area contributed by atoms with E-state index < -0.39 is 5.91 Å². The Balaban J connectivity index is 3.04. The SMILES string of the molecule is Cc1ncc(C(N)=O)c(N[C@H](C)C(C)(C)C)n1. The van der Waals surface area contributed by atoms with Gasteiger partial charge in [-0.05, 0) is 19.3 Å². The largest absolute Gasteiger partial charge is 0.366 e. The molecular weight excluding hydrogens is 216 g/mol. The van der Waals surface area contributed by atoms with Gasteiger partial charge in [-0.1, -0.05) is 20.8 Å². The van der Waals surface area contributed by atoms with E-state index in [4.69, 9.17) is 5.73 Å². The van der Waals surface area contributed by atoms with Gasteiger partial charge in [-0.2, -0.15) is 0 Å². The summed E-state index contributed by atoms with van der Waals surface area (Å²) in [5, 5.41) is 3.22. The average molecular weight is 236 g/mol. The van der Waals surface area contributed by atoms with E-state index in [0.29, 0.717) is 17.2 Å². The third kappa shape index (κ3) is 3.41. The molecule has 0 unspecified atom stereocenters. The van der Waals surface area contributed by atoms with E-state index >= 15 is 0 Å².